The highest BCUT2D eigenvalue weighted by atomic mass is 35.5. The number of ether oxygens (including phenoxy) is 1. The summed E-state index contributed by atoms with van der Waals surface area (Å²) in [5.74, 6) is 2.10. The quantitative estimate of drug-likeness (QED) is 0.507. The van der Waals surface area contributed by atoms with E-state index in [9.17, 15) is 0 Å². The molecule has 0 saturated heterocycles. The number of aromatic amines is 2. The molecule has 0 saturated carbocycles. The van der Waals surface area contributed by atoms with Gasteiger partial charge in [-0.2, -0.15) is 0 Å². The number of hydrogen-bond acceptors (Lipinski definition) is 4. The van der Waals surface area contributed by atoms with Crippen molar-refractivity contribution in [3.05, 3.63) is 57.6 Å². The summed E-state index contributed by atoms with van der Waals surface area (Å²) in [6, 6.07) is 7.69. The number of thiazole rings is 1. The number of rotatable bonds is 6. The van der Waals surface area contributed by atoms with Gasteiger partial charge in [0.2, 0.25) is 0 Å². The standard InChI is InChI=1S/C20H19ClN4OS/c1-12(2)10-26-18-4-3-14(21)7-13(18)8-19-23-17(11-27-19)20-24-15-5-6-22-9-16(15)25-20/h3-7,9,11-12H,8,10H2,1-2H3,(H,24,25)/p+1. The Morgan fingerprint density at radius 3 is 2.96 bits per heavy atom. The van der Waals surface area contributed by atoms with Gasteiger partial charge < -0.3 is 9.72 Å². The third kappa shape index (κ3) is 4.12. The molecule has 0 atom stereocenters. The van der Waals surface area contributed by atoms with E-state index in [-0.39, 0.29) is 0 Å². The smallest absolute Gasteiger partial charge is 0.193 e. The van der Waals surface area contributed by atoms with Gasteiger partial charge in [0.15, 0.2) is 18.2 Å². The van der Waals surface area contributed by atoms with Gasteiger partial charge in [-0.15, -0.1) is 11.3 Å². The summed E-state index contributed by atoms with van der Waals surface area (Å²) in [5, 5.41) is 3.72. The minimum atomic E-state index is 0.463. The maximum atomic E-state index is 6.20. The minimum absolute atomic E-state index is 0.463. The number of pyridine rings is 1. The third-order valence-electron chi connectivity index (χ3n) is 4.06. The largest absolute Gasteiger partial charge is 0.493 e. The second kappa shape index (κ2) is 7.66. The molecule has 3 heterocycles. The number of halogens is 1. The molecular weight excluding hydrogens is 380 g/mol. The van der Waals surface area contributed by atoms with Crippen LogP contribution in [0, 0.1) is 5.92 Å². The first-order valence-electron chi connectivity index (χ1n) is 8.80. The number of hydrogen-bond donors (Lipinski definition) is 1. The van der Waals surface area contributed by atoms with Gasteiger partial charge in [0.1, 0.15) is 22.5 Å². The summed E-state index contributed by atoms with van der Waals surface area (Å²) >= 11 is 7.81. The molecule has 1 aromatic carbocycles. The molecule has 0 fully saturated rings. The number of imidazole rings is 1. The van der Waals surface area contributed by atoms with Crippen LogP contribution in [0.25, 0.3) is 22.6 Å². The Morgan fingerprint density at radius 2 is 2.15 bits per heavy atom. The zero-order chi connectivity index (χ0) is 18.8. The number of nitrogens with one attached hydrogen (secondary N) is 2. The van der Waals surface area contributed by atoms with Crippen molar-refractivity contribution in [3.8, 4) is 17.3 Å². The Hall–Kier alpha value is -2.44. The molecule has 0 unspecified atom stereocenters. The monoisotopic (exact) mass is 399 g/mol. The predicted octanol–water partition coefficient (Wildman–Crippen LogP) is 4.78. The van der Waals surface area contributed by atoms with Crippen LogP contribution in [-0.2, 0) is 6.42 Å². The molecule has 7 heteroatoms. The normalized spacial score (nSPS) is 11.4. The summed E-state index contributed by atoms with van der Waals surface area (Å²) in [5.41, 5.74) is 3.76. The highest BCUT2D eigenvalue weighted by Gasteiger charge is 2.13. The Bertz CT molecular complexity index is 1040. The average molecular weight is 400 g/mol. The lowest BCUT2D eigenvalue weighted by atomic mass is 10.1. The summed E-state index contributed by atoms with van der Waals surface area (Å²) in [6.45, 7) is 4.94. The van der Waals surface area contributed by atoms with Gasteiger partial charge in [0.05, 0.1) is 11.6 Å². The molecule has 0 aliphatic heterocycles. The van der Waals surface area contributed by atoms with Crippen LogP contribution in [0.1, 0.15) is 24.4 Å². The number of nitrogens with zero attached hydrogens (tertiary/aromatic N) is 2. The SMILES string of the molecule is CC(C)COc1ccc(Cl)cc1Cc1nc(-c2nc3cc[nH+]cc3[nH]2)cs1. The Morgan fingerprint density at radius 1 is 1.26 bits per heavy atom. The molecule has 3 aromatic heterocycles. The lowest BCUT2D eigenvalue weighted by Crippen LogP contribution is -2.06. The Labute approximate surface area is 166 Å². The van der Waals surface area contributed by atoms with Gasteiger partial charge in [-0.1, -0.05) is 25.4 Å². The summed E-state index contributed by atoms with van der Waals surface area (Å²) in [6.07, 6.45) is 4.42. The lowest BCUT2D eigenvalue weighted by molar-refractivity contribution is -0.376. The fraction of sp³-hybridized carbons (Fsp3) is 0.250. The number of H-pyrrole nitrogens is 2. The second-order valence-electron chi connectivity index (χ2n) is 6.79. The number of fused-ring (bicyclic) bond motifs is 1. The maximum absolute atomic E-state index is 6.20. The van der Waals surface area contributed by atoms with Crippen LogP contribution in [0.2, 0.25) is 5.02 Å². The summed E-state index contributed by atoms with van der Waals surface area (Å²) in [7, 11) is 0. The van der Waals surface area contributed by atoms with E-state index < -0.39 is 0 Å². The van der Waals surface area contributed by atoms with Gasteiger partial charge in [-0.3, -0.25) is 0 Å². The molecule has 0 spiro atoms. The maximum Gasteiger partial charge on any atom is 0.193 e. The zero-order valence-corrected chi connectivity index (χ0v) is 16.7. The molecule has 2 N–H and O–H groups in total. The van der Waals surface area contributed by atoms with Crippen molar-refractivity contribution in [2.24, 2.45) is 5.92 Å². The van der Waals surface area contributed by atoms with Crippen LogP contribution in [0.15, 0.2) is 42.0 Å². The fourth-order valence-electron chi connectivity index (χ4n) is 2.76. The molecule has 0 radical (unpaired) electrons. The van der Waals surface area contributed by atoms with Gasteiger partial charge in [-0.25, -0.2) is 15.0 Å². The van der Waals surface area contributed by atoms with Crippen molar-refractivity contribution in [1.29, 1.82) is 0 Å². The Kier molecular flexibility index (Phi) is 5.09. The van der Waals surface area contributed by atoms with Crippen LogP contribution in [0.5, 0.6) is 5.75 Å². The zero-order valence-electron chi connectivity index (χ0n) is 15.1. The van der Waals surface area contributed by atoms with E-state index >= 15 is 0 Å². The van der Waals surface area contributed by atoms with Crippen molar-refractivity contribution < 1.29 is 9.72 Å². The summed E-state index contributed by atoms with van der Waals surface area (Å²) in [4.78, 5) is 15.7. The van der Waals surface area contributed by atoms with Crippen LogP contribution in [0.4, 0.5) is 0 Å². The highest BCUT2D eigenvalue weighted by molar-refractivity contribution is 7.10. The first kappa shape index (κ1) is 17.9. The molecule has 0 amide bonds. The van der Waals surface area contributed by atoms with Crippen molar-refractivity contribution in [3.63, 3.8) is 0 Å². The molecule has 0 bridgehead atoms. The van der Waals surface area contributed by atoms with Crippen molar-refractivity contribution in [2.45, 2.75) is 20.3 Å². The lowest BCUT2D eigenvalue weighted by Gasteiger charge is -2.13. The van der Waals surface area contributed by atoms with Crippen molar-refractivity contribution >= 4 is 34.0 Å². The van der Waals surface area contributed by atoms with E-state index in [4.69, 9.17) is 21.3 Å². The fourth-order valence-corrected chi connectivity index (χ4v) is 3.76. The van der Waals surface area contributed by atoms with Gasteiger partial charge in [-0.05, 0) is 24.1 Å². The van der Waals surface area contributed by atoms with Crippen LogP contribution >= 0.6 is 22.9 Å². The van der Waals surface area contributed by atoms with Crippen molar-refractivity contribution in [1.82, 2.24) is 15.0 Å². The van der Waals surface area contributed by atoms with Crippen LogP contribution in [0.3, 0.4) is 0 Å². The van der Waals surface area contributed by atoms with E-state index in [0.29, 0.717) is 24.0 Å². The van der Waals surface area contributed by atoms with Gasteiger partial charge >= 0.3 is 0 Å². The first-order valence-corrected chi connectivity index (χ1v) is 10.1. The Balaban J connectivity index is 1.58. The average Bonchev–Trinajstić information content (AvgIpc) is 3.27. The summed E-state index contributed by atoms with van der Waals surface area (Å²) < 4.78 is 5.95. The third-order valence-corrected chi connectivity index (χ3v) is 5.14. The molecule has 5 nitrogen and oxygen atoms in total. The van der Waals surface area contributed by atoms with E-state index in [1.807, 2.05) is 42.0 Å². The predicted molar refractivity (Wildman–Crippen MR) is 108 cm³/mol. The molecule has 0 aliphatic carbocycles. The molecule has 138 valence electrons. The first-order chi connectivity index (χ1) is 13.1. The van der Waals surface area contributed by atoms with Crippen LogP contribution < -0.4 is 9.72 Å². The van der Waals surface area contributed by atoms with E-state index in [1.54, 1.807) is 11.3 Å². The van der Waals surface area contributed by atoms with Gasteiger partial charge in [0.25, 0.3) is 0 Å². The number of aromatic nitrogens is 4. The molecule has 4 aromatic rings. The number of benzene rings is 1. The molecular formula is C20H20ClN4OS+. The second-order valence-corrected chi connectivity index (χ2v) is 8.17. The highest BCUT2D eigenvalue weighted by Crippen LogP contribution is 2.29. The molecule has 0 aliphatic rings. The minimum Gasteiger partial charge on any atom is -0.493 e. The van der Waals surface area contributed by atoms with E-state index in [0.717, 1.165) is 38.9 Å². The van der Waals surface area contributed by atoms with Gasteiger partial charge in [0, 0.05) is 28.5 Å². The topological polar surface area (TPSA) is 64.9 Å². The molecule has 4 rings (SSSR count). The van der Waals surface area contributed by atoms with E-state index in [1.165, 1.54) is 0 Å². The van der Waals surface area contributed by atoms with E-state index in [2.05, 4.69) is 28.8 Å². The van der Waals surface area contributed by atoms with Crippen molar-refractivity contribution in [2.75, 3.05) is 6.61 Å². The molecule has 27 heavy (non-hydrogen) atoms. The van der Waals surface area contributed by atoms with Crippen LogP contribution in [-0.4, -0.2) is 21.6 Å².